The summed E-state index contributed by atoms with van der Waals surface area (Å²) in [6.07, 6.45) is 0. The van der Waals surface area contributed by atoms with Crippen LogP contribution in [0.15, 0.2) is 35.1 Å². The molecule has 18 heavy (non-hydrogen) atoms. The molecule has 0 amide bonds. The summed E-state index contributed by atoms with van der Waals surface area (Å²) in [7, 11) is 0. The highest BCUT2D eigenvalue weighted by atomic mass is 35.5. The van der Waals surface area contributed by atoms with Crippen molar-refractivity contribution in [2.24, 2.45) is 0 Å². The first-order valence-corrected chi connectivity index (χ1v) is 5.47. The molecular formula is C12H9ClN2O3. The van der Waals surface area contributed by atoms with E-state index >= 15 is 0 Å². The van der Waals surface area contributed by atoms with Gasteiger partial charge in [0.2, 0.25) is 0 Å². The number of aromatic carboxylic acids is 1. The van der Waals surface area contributed by atoms with Crippen molar-refractivity contribution >= 4 is 17.6 Å². The third-order valence-corrected chi connectivity index (χ3v) is 2.66. The van der Waals surface area contributed by atoms with E-state index < -0.39 is 11.5 Å². The van der Waals surface area contributed by atoms with Gasteiger partial charge in [0.1, 0.15) is 5.56 Å². The minimum atomic E-state index is -1.29. The first-order valence-electron chi connectivity index (χ1n) is 5.10. The highest BCUT2D eigenvalue weighted by molar-refractivity contribution is 6.32. The molecule has 1 heterocycles. The first-order chi connectivity index (χ1) is 8.50. The largest absolute Gasteiger partial charge is 0.477 e. The molecule has 5 nitrogen and oxygen atoms in total. The van der Waals surface area contributed by atoms with Crippen LogP contribution in [0.25, 0.3) is 5.69 Å². The SMILES string of the molecule is Cc1cc(C(=O)O)c(=O)n(-c2ccccc2Cl)n1. The number of aryl methyl sites for hydroxylation is 1. The molecule has 0 aliphatic carbocycles. The van der Waals surface area contributed by atoms with Gasteiger partial charge in [-0.25, -0.2) is 4.79 Å². The molecule has 0 fully saturated rings. The fourth-order valence-electron chi connectivity index (χ4n) is 1.56. The lowest BCUT2D eigenvalue weighted by Crippen LogP contribution is -2.28. The third kappa shape index (κ3) is 2.12. The molecular weight excluding hydrogens is 256 g/mol. The molecule has 0 saturated heterocycles. The van der Waals surface area contributed by atoms with E-state index in [0.717, 1.165) is 4.68 Å². The Morgan fingerprint density at radius 3 is 2.67 bits per heavy atom. The van der Waals surface area contributed by atoms with Crippen LogP contribution in [0.3, 0.4) is 0 Å². The fourth-order valence-corrected chi connectivity index (χ4v) is 1.77. The molecule has 0 aliphatic heterocycles. The maximum Gasteiger partial charge on any atom is 0.341 e. The lowest BCUT2D eigenvalue weighted by Gasteiger charge is -2.08. The van der Waals surface area contributed by atoms with E-state index in [4.69, 9.17) is 16.7 Å². The Hall–Kier alpha value is -2.14. The van der Waals surface area contributed by atoms with Crippen LogP contribution < -0.4 is 5.56 Å². The Morgan fingerprint density at radius 2 is 2.06 bits per heavy atom. The van der Waals surface area contributed by atoms with Gasteiger partial charge in [-0.3, -0.25) is 4.79 Å². The molecule has 0 radical (unpaired) electrons. The molecule has 0 aliphatic rings. The van der Waals surface area contributed by atoms with Crippen LogP contribution in [-0.4, -0.2) is 20.9 Å². The van der Waals surface area contributed by atoms with E-state index in [9.17, 15) is 9.59 Å². The van der Waals surface area contributed by atoms with E-state index in [0.29, 0.717) is 16.4 Å². The Labute approximate surface area is 107 Å². The molecule has 1 aromatic heterocycles. The highest BCUT2D eigenvalue weighted by Gasteiger charge is 2.15. The van der Waals surface area contributed by atoms with Gasteiger partial charge < -0.3 is 5.11 Å². The van der Waals surface area contributed by atoms with E-state index in [1.807, 2.05) is 0 Å². The third-order valence-electron chi connectivity index (χ3n) is 2.34. The number of aromatic nitrogens is 2. The Bertz CT molecular complexity index is 679. The van der Waals surface area contributed by atoms with Crippen LogP contribution in [-0.2, 0) is 0 Å². The quantitative estimate of drug-likeness (QED) is 0.899. The second-order valence-electron chi connectivity index (χ2n) is 3.67. The fraction of sp³-hybridized carbons (Fsp3) is 0.0833. The van der Waals surface area contributed by atoms with Crippen LogP contribution >= 0.6 is 11.6 Å². The molecule has 0 atom stereocenters. The van der Waals surface area contributed by atoms with Gasteiger partial charge in [0.15, 0.2) is 0 Å². The van der Waals surface area contributed by atoms with Gasteiger partial charge in [-0.2, -0.15) is 9.78 Å². The summed E-state index contributed by atoms with van der Waals surface area (Å²) >= 11 is 5.97. The summed E-state index contributed by atoms with van der Waals surface area (Å²) in [5, 5.41) is 13.3. The minimum Gasteiger partial charge on any atom is -0.477 e. The number of carboxylic acid groups (broad SMARTS) is 1. The summed E-state index contributed by atoms with van der Waals surface area (Å²) in [5.41, 5.74) is -0.258. The van der Waals surface area contributed by atoms with Crippen LogP contribution in [0.1, 0.15) is 16.1 Å². The number of hydrogen-bond donors (Lipinski definition) is 1. The zero-order chi connectivity index (χ0) is 13.3. The maximum absolute atomic E-state index is 12.0. The number of rotatable bonds is 2. The molecule has 2 rings (SSSR count). The van der Waals surface area contributed by atoms with E-state index in [1.165, 1.54) is 6.07 Å². The molecule has 0 spiro atoms. The summed E-state index contributed by atoms with van der Waals surface area (Å²) in [5.74, 6) is -1.29. The van der Waals surface area contributed by atoms with E-state index in [-0.39, 0.29) is 5.56 Å². The lowest BCUT2D eigenvalue weighted by atomic mass is 10.2. The number of carbonyl (C=O) groups is 1. The monoisotopic (exact) mass is 264 g/mol. The standard InChI is InChI=1S/C12H9ClN2O3/c1-7-6-8(12(17)18)11(16)15(14-7)10-5-3-2-4-9(10)13/h2-6H,1H3,(H,17,18). The first kappa shape index (κ1) is 12.3. The zero-order valence-electron chi connectivity index (χ0n) is 9.42. The van der Waals surface area contributed by atoms with Gasteiger partial charge in [0.05, 0.1) is 16.4 Å². The normalized spacial score (nSPS) is 10.3. The van der Waals surface area contributed by atoms with Gasteiger partial charge >= 0.3 is 5.97 Å². The minimum absolute atomic E-state index is 0.328. The van der Waals surface area contributed by atoms with Crippen molar-refractivity contribution in [3.05, 3.63) is 57.0 Å². The Kier molecular flexibility index (Phi) is 3.16. The van der Waals surface area contributed by atoms with E-state index in [1.54, 1.807) is 31.2 Å². The number of para-hydroxylation sites is 1. The number of halogens is 1. The second kappa shape index (κ2) is 4.62. The number of carboxylic acids is 1. The van der Waals surface area contributed by atoms with Crippen molar-refractivity contribution in [2.75, 3.05) is 0 Å². The van der Waals surface area contributed by atoms with Gasteiger partial charge in [-0.1, -0.05) is 23.7 Å². The summed E-state index contributed by atoms with van der Waals surface area (Å²) in [4.78, 5) is 22.9. The van der Waals surface area contributed by atoms with Crippen LogP contribution in [0.2, 0.25) is 5.02 Å². The van der Waals surface area contributed by atoms with E-state index in [2.05, 4.69) is 5.10 Å². The van der Waals surface area contributed by atoms with Crippen LogP contribution in [0.4, 0.5) is 0 Å². The van der Waals surface area contributed by atoms with Crippen molar-refractivity contribution in [3.63, 3.8) is 0 Å². The van der Waals surface area contributed by atoms with Gasteiger partial charge in [0, 0.05) is 0 Å². The molecule has 6 heteroatoms. The predicted octanol–water partition coefficient (Wildman–Crippen LogP) is 1.89. The lowest BCUT2D eigenvalue weighted by molar-refractivity contribution is 0.0694. The Morgan fingerprint density at radius 1 is 1.39 bits per heavy atom. The van der Waals surface area contributed by atoms with Crippen LogP contribution in [0, 0.1) is 6.92 Å². The average molecular weight is 265 g/mol. The van der Waals surface area contributed by atoms with Gasteiger partial charge in [-0.05, 0) is 25.1 Å². The summed E-state index contributed by atoms with van der Waals surface area (Å²) in [6.45, 7) is 1.61. The molecule has 0 unspecified atom stereocenters. The summed E-state index contributed by atoms with van der Waals surface area (Å²) < 4.78 is 1.00. The summed E-state index contributed by atoms with van der Waals surface area (Å²) in [6, 6.07) is 7.84. The topological polar surface area (TPSA) is 72.2 Å². The predicted molar refractivity (Wildman–Crippen MR) is 66.5 cm³/mol. The van der Waals surface area contributed by atoms with Crippen molar-refractivity contribution < 1.29 is 9.90 Å². The van der Waals surface area contributed by atoms with Crippen molar-refractivity contribution in [3.8, 4) is 5.69 Å². The highest BCUT2D eigenvalue weighted by Crippen LogP contribution is 2.17. The number of hydrogen-bond acceptors (Lipinski definition) is 3. The average Bonchev–Trinajstić information content (AvgIpc) is 2.32. The smallest absolute Gasteiger partial charge is 0.341 e. The van der Waals surface area contributed by atoms with Crippen molar-refractivity contribution in [1.29, 1.82) is 0 Å². The molecule has 1 aromatic carbocycles. The van der Waals surface area contributed by atoms with Gasteiger partial charge in [0.25, 0.3) is 5.56 Å². The molecule has 0 bridgehead atoms. The number of nitrogens with zero attached hydrogens (tertiary/aromatic N) is 2. The number of benzene rings is 1. The Balaban J connectivity index is 2.77. The molecule has 2 aromatic rings. The molecule has 1 N–H and O–H groups in total. The van der Waals surface area contributed by atoms with Crippen LogP contribution in [0.5, 0.6) is 0 Å². The molecule has 0 saturated carbocycles. The maximum atomic E-state index is 12.0. The van der Waals surface area contributed by atoms with Crippen molar-refractivity contribution in [1.82, 2.24) is 9.78 Å². The van der Waals surface area contributed by atoms with Gasteiger partial charge in [-0.15, -0.1) is 0 Å². The zero-order valence-corrected chi connectivity index (χ0v) is 10.2. The van der Waals surface area contributed by atoms with Crippen molar-refractivity contribution in [2.45, 2.75) is 6.92 Å². The second-order valence-corrected chi connectivity index (χ2v) is 4.08. The molecule has 92 valence electrons.